The summed E-state index contributed by atoms with van der Waals surface area (Å²) in [6.45, 7) is 3.06. The molecule has 0 saturated heterocycles. The van der Waals surface area contributed by atoms with Crippen LogP contribution in [0.3, 0.4) is 0 Å². The molecule has 31 heavy (non-hydrogen) atoms. The zero-order chi connectivity index (χ0) is 22.2. The van der Waals surface area contributed by atoms with Gasteiger partial charge in [0.05, 0.1) is 4.90 Å². The fraction of sp³-hybridized carbons (Fsp3) is 0.217. The predicted molar refractivity (Wildman–Crippen MR) is 121 cm³/mol. The van der Waals surface area contributed by atoms with Crippen molar-refractivity contribution >= 4 is 38.7 Å². The van der Waals surface area contributed by atoms with Crippen LogP contribution in [-0.4, -0.2) is 37.9 Å². The van der Waals surface area contributed by atoms with Gasteiger partial charge in [0, 0.05) is 41.0 Å². The van der Waals surface area contributed by atoms with E-state index in [4.69, 9.17) is 0 Å². The molecule has 1 aromatic heterocycles. The van der Waals surface area contributed by atoms with Gasteiger partial charge in [0.2, 0.25) is 0 Å². The lowest BCUT2D eigenvalue weighted by Gasteiger charge is -2.28. The number of nitrogens with zero attached hydrogens (tertiary/aromatic N) is 1. The van der Waals surface area contributed by atoms with E-state index in [-0.39, 0.29) is 16.4 Å². The average Bonchev–Trinajstić information content (AvgIpc) is 3.22. The third kappa shape index (κ3) is 4.40. The quantitative estimate of drug-likeness (QED) is 0.648. The predicted octanol–water partition coefficient (Wildman–Crippen LogP) is 3.91. The first kappa shape index (κ1) is 21.3. The summed E-state index contributed by atoms with van der Waals surface area (Å²) in [5.74, 6) is -0.497. The number of rotatable bonds is 4. The molecule has 1 aliphatic rings. The second kappa shape index (κ2) is 8.28. The molecule has 0 aliphatic carbocycles. The van der Waals surface area contributed by atoms with E-state index in [1.54, 1.807) is 42.5 Å². The molecule has 2 aromatic carbocycles. The molecule has 0 fully saturated rings. The van der Waals surface area contributed by atoms with E-state index >= 15 is 0 Å². The molecule has 6 nitrogen and oxygen atoms in total. The Bertz CT molecular complexity index is 1280. The van der Waals surface area contributed by atoms with E-state index in [2.05, 4.69) is 16.8 Å². The molecule has 2 amide bonds. The standard InChI is InChI=1S/C23H22N2O4S2/c1-15-19(23(27)25-11-9-21-17(14-25)10-12-30-21)7-4-8-20(15)24-22(26)16-5-3-6-18(13-16)31(2,28)29/h3-8,10,12-13H,9,11,14H2,1-2H3,(H,24,26). The number of sulfone groups is 1. The molecule has 1 N–H and O–H groups in total. The largest absolute Gasteiger partial charge is 0.334 e. The lowest BCUT2D eigenvalue weighted by molar-refractivity contribution is 0.0735. The van der Waals surface area contributed by atoms with Crippen LogP contribution >= 0.6 is 11.3 Å². The molecule has 160 valence electrons. The van der Waals surface area contributed by atoms with E-state index in [1.807, 2.05) is 4.90 Å². The van der Waals surface area contributed by atoms with Gasteiger partial charge in [-0.25, -0.2) is 8.42 Å². The molecule has 0 bridgehead atoms. The first-order valence-electron chi connectivity index (χ1n) is 9.79. The fourth-order valence-corrected chi connectivity index (χ4v) is 5.21. The van der Waals surface area contributed by atoms with Crippen LogP contribution in [0.5, 0.6) is 0 Å². The van der Waals surface area contributed by atoms with Crippen molar-refractivity contribution in [2.75, 3.05) is 18.1 Å². The van der Waals surface area contributed by atoms with Crippen LogP contribution in [0.1, 0.15) is 36.7 Å². The van der Waals surface area contributed by atoms with Gasteiger partial charge >= 0.3 is 0 Å². The van der Waals surface area contributed by atoms with Crippen LogP contribution in [0.4, 0.5) is 5.69 Å². The Hall–Kier alpha value is -2.97. The molecule has 1 aliphatic heterocycles. The molecular formula is C23H22N2O4S2. The lowest BCUT2D eigenvalue weighted by Crippen LogP contribution is -2.35. The summed E-state index contributed by atoms with van der Waals surface area (Å²) < 4.78 is 23.6. The maximum atomic E-state index is 13.2. The Kier molecular flexibility index (Phi) is 5.68. The zero-order valence-electron chi connectivity index (χ0n) is 17.2. The number of thiophene rings is 1. The van der Waals surface area contributed by atoms with Gasteiger partial charge in [-0.3, -0.25) is 9.59 Å². The molecule has 8 heteroatoms. The number of hydrogen-bond donors (Lipinski definition) is 1. The summed E-state index contributed by atoms with van der Waals surface area (Å²) in [5, 5.41) is 4.87. The second-order valence-electron chi connectivity index (χ2n) is 7.58. The third-order valence-electron chi connectivity index (χ3n) is 5.43. The number of nitrogens with one attached hydrogen (secondary N) is 1. The second-order valence-corrected chi connectivity index (χ2v) is 10.6. The van der Waals surface area contributed by atoms with Gasteiger partial charge in [0.15, 0.2) is 9.84 Å². The Morgan fingerprint density at radius 3 is 2.65 bits per heavy atom. The monoisotopic (exact) mass is 454 g/mol. The smallest absolute Gasteiger partial charge is 0.255 e. The van der Waals surface area contributed by atoms with Gasteiger partial charge in [-0.15, -0.1) is 11.3 Å². The van der Waals surface area contributed by atoms with Crippen molar-refractivity contribution in [2.24, 2.45) is 0 Å². The van der Waals surface area contributed by atoms with Crippen LogP contribution in [0.2, 0.25) is 0 Å². The highest BCUT2D eigenvalue weighted by Crippen LogP contribution is 2.27. The van der Waals surface area contributed by atoms with Gasteiger partial charge in [-0.2, -0.15) is 0 Å². The van der Waals surface area contributed by atoms with Gasteiger partial charge in [-0.05, 0) is 66.2 Å². The van der Waals surface area contributed by atoms with Crippen molar-refractivity contribution in [1.82, 2.24) is 4.90 Å². The topological polar surface area (TPSA) is 83.5 Å². The van der Waals surface area contributed by atoms with Gasteiger partial charge in [-0.1, -0.05) is 12.1 Å². The molecule has 0 radical (unpaired) electrons. The minimum Gasteiger partial charge on any atom is -0.334 e. The van der Waals surface area contributed by atoms with Crippen molar-refractivity contribution in [3.8, 4) is 0 Å². The molecule has 0 unspecified atom stereocenters. The SMILES string of the molecule is Cc1c(NC(=O)c2cccc(S(C)(=O)=O)c2)cccc1C(=O)N1CCc2sccc2C1. The highest BCUT2D eigenvalue weighted by atomic mass is 32.2. The van der Waals surface area contributed by atoms with Crippen LogP contribution in [0.15, 0.2) is 58.8 Å². The summed E-state index contributed by atoms with van der Waals surface area (Å²) in [4.78, 5) is 29.1. The Morgan fingerprint density at radius 1 is 1.10 bits per heavy atom. The summed E-state index contributed by atoms with van der Waals surface area (Å²) in [6, 6.07) is 13.2. The van der Waals surface area contributed by atoms with Gasteiger partial charge in [0.1, 0.15) is 0 Å². The van der Waals surface area contributed by atoms with Crippen LogP contribution in [-0.2, 0) is 22.8 Å². The molecule has 0 saturated carbocycles. The zero-order valence-corrected chi connectivity index (χ0v) is 18.8. The minimum absolute atomic E-state index is 0.0653. The molecule has 3 aromatic rings. The number of fused-ring (bicyclic) bond motifs is 1. The molecule has 2 heterocycles. The number of amides is 2. The van der Waals surface area contributed by atoms with Gasteiger partial charge in [0.25, 0.3) is 11.8 Å². The highest BCUT2D eigenvalue weighted by molar-refractivity contribution is 7.90. The summed E-state index contributed by atoms with van der Waals surface area (Å²) >= 11 is 1.72. The van der Waals surface area contributed by atoms with E-state index < -0.39 is 15.7 Å². The average molecular weight is 455 g/mol. The van der Waals surface area contributed by atoms with Crippen molar-refractivity contribution in [3.05, 3.63) is 81.0 Å². The van der Waals surface area contributed by atoms with Crippen molar-refractivity contribution < 1.29 is 18.0 Å². The summed E-state index contributed by atoms with van der Waals surface area (Å²) in [6.07, 6.45) is 1.95. The number of hydrogen-bond acceptors (Lipinski definition) is 5. The normalized spacial score (nSPS) is 13.5. The number of benzene rings is 2. The Morgan fingerprint density at radius 2 is 1.87 bits per heavy atom. The first-order valence-corrected chi connectivity index (χ1v) is 12.6. The van der Waals surface area contributed by atoms with Crippen LogP contribution in [0.25, 0.3) is 0 Å². The maximum absolute atomic E-state index is 13.2. The first-order chi connectivity index (χ1) is 14.7. The van der Waals surface area contributed by atoms with Crippen molar-refractivity contribution in [2.45, 2.75) is 24.8 Å². The van der Waals surface area contributed by atoms with Crippen LogP contribution < -0.4 is 5.32 Å². The van der Waals surface area contributed by atoms with E-state index in [0.29, 0.717) is 29.9 Å². The maximum Gasteiger partial charge on any atom is 0.255 e. The number of carbonyl (C=O) groups is 2. The molecule has 4 rings (SSSR count). The van der Waals surface area contributed by atoms with Crippen molar-refractivity contribution in [1.29, 1.82) is 0 Å². The lowest BCUT2D eigenvalue weighted by atomic mass is 10.0. The third-order valence-corrected chi connectivity index (χ3v) is 7.56. The van der Waals surface area contributed by atoms with Gasteiger partial charge < -0.3 is 10.2 Å². The van der Waals surface area contributed by atoms with E-state index in [0.717, 1.165) is 12.7 Å². The molecule has 0 spiro atoms. The van der Waals surface area contributed by atoms with Crippen molar-refractivity contribution in [3.63, 3.8) is 0 Å². The minimum atomic E-state index is -3.42. The fourth-order valence-electron chi connectivity index (χ4n) is 3.66. The van der Waals surface area contributed by atoms with E-state index in [9.17, 15) is 18.0 Å². The number of anilines is 1. The summed E-state index contributed by atoms with van der Waals surface area (Å²) in [7, 11) is -3.42. The van der Waals surface area contributed by atoms with Crippen LogP contribution in [0, 0.1) is 6.92 Å². The molecular weight excluding hydrogens is 432 g/mol. The number of carbonyl (C=O) groups excluding carboxylic acids is 2. The van der Waals surface area contributed by atoms with E-state index in [1.165, 1.54) is 28.6 Å². The highest BCUT2D eigenvalue weighted by Gasteiger charge is 2.24. The Balaban J connectivity index is 1.56. The molecule has 0 atom stereocenters. The summed E-state index contributed by atoms with van der Waals surface area (Å²) in [5.41, 5.74) is 3.17. The Labute approximate surface area is 185 Å².